The highest BCUT2D eigenvalue weighted by atomic mass is 16.6. The molecule has 7 nitrogen and oxygen atoms in total. The van der Waals surface area contributed by atoms with Crippen molar-refractivity contribution in [1.82, 2.24) is 10.2 Å². The van der Waals surface area contributed by atoms with Crippen molar-refractivity contribution in [3.8, 4) is 0 Å². The normalized spacial score (nSPS) is 14.6. The van der Waals surface area contributed by atoms with Crippen molar-refractivity contribution >= 4 is 23.5 Å². The molecule has 26 heavy (non-hydrogen) atoms. The zero-order valence-corrected chi connectivity index (χ0v) is 15.4. The largest absolute Gasteiger partial charge is 0.450 e. The maximum Gasteiger partial charge on any atom is 0.409 e. The average Bonchev–Trinajstić information content (AvgIpc) is 2.63. The zero-order valence-electron chi connectivity index (χ0n) is 15.4. The van der Waals surface area contributed by atoms with Crippen molar-refractivity contribution in [3.63, 3.8) is 0 Å². The molecule has 0 spiro atoms. The molecule has 0 aromatic heterocycles. The van der Waals surface area contributed by atoms with Gasteiger partial charge in [-0.25, -0.2) is 4.79 Å². The van der Waals surface area contributed by atoms with E-state index in [1.54, 1.807) is 24.0 Å². The SMILES string of the molecule is CCOC(=O)N1CCC(NC(=O)CCNc2ccc(C(C)=O)cc2)CC1. The van der Waals surface area contributed by atoms with Gasteiger partial charge >= 0.3 is 6.09 Å². The zero-order chi connectivity index (χ0) is 18.9. The summed E-state index contributed by atoms with van der Waals surface area (Å²) >= 11 is 0. The lowest BCUT2D eigenvalue weighted by Gasteiger charge is -2.31. The van der Waals surface area contributed by atoms with Crippen LogP contribution in [0.25, 0.3) is 0 Å². The topological polar surface area (TPSA) is 87.7 Å². The average molecular weight is 361 g/mol. The predicted octanol–water partition coefficient (Wildman–Crippen LogP) is 2.43. The number of Topliss-reactive ketones (excluding diaryl/α,β-unsaturated/α-hetero) is 1. The van der Waals surface area contributed by atoms with Crippen LogP contribution in [-0.4, -0.2) is 55.0 Å². The number of anilines is 1. The minimum atomic E-state index is -0.280. The molecule has 1 fully saturated rings. The molecule has 0 aliphatic carbocycles. The third kappa shape index (κ3) is 6.06. The molecule has 1 heterocycles. The number of likely N-dealkylation sites (tertiary alicyclic amines) is 1. The van der Waals surface area contributed by atoms with Crippen LogP contribution in [0.5, 0.6) is 0 Å². The Bertz CT molecular complexity index is 622. The van der Waals surface area contributed by atoms with E-state index in [4.69, 9.17) is 4.74 Å². The molecule has 0 bridgehead atoms. The van der Waals surface area contributed by atoms with Crippen molar-refractivity contribution in [1.29, 1.82) is 0 Å². The van der Waals surface area contributed by atoms with Gasteiger partial charge in [-0.1, -0.05) is 0 Å². The summed E-state index contributed by atoms with van der Waals surface area (Å²) in [6.07, 6.45) is 1.57. The maximum absolute atomic E-state index is 12.1. The first-order chi connectivity index (χ1) is 12.5. The Balaban J connectivity index is 1.65. The Morgan fingerprint density at radius 2 is 1.81 bits per heavy atom. The molecule has 0 radical (unpaired) electrons. The number of rotatable bonds is 7. The molecule has 1 aliphatic rings. The number of hydrogen-bond acceptors (Lipinski definition) is 5. The first-order valence-corrected chi connectivity index (χ1v) is 9.05. The third-order valence-corrected chi connectivity index (χ3v) is 4.36. The second kappa shape index (κ2) is 9.79. The van der Waals surface area contributed by atoms with Crippen LogP contribution in [0.4, 0.5) is 10.5 Å². The number of nitrogens with one attached hydrogen (secondary N) is 2. The molecule has 2 rings (SSSR count). The second-order valence-electron chi connectivity index (χ2n) is 6.34. The lowest BCUT2D eigenvalue weighted by atomic mass is 10.1. The minimum Gasteiger partial charge on any atom is -0.450 e. The highest BCUT2D eigenvalue weighted by molar-refractivity contribution is 5.94. The molecule has 1 saturated heterocycles. The Labute approximate surface area is 154 Å². The smallest absolute Gasteiger partial charge is 0.409 e. The van der Waals surface area contributed by atoms with E-state index < -0.39 is 0 Å². The van der Waals surface area contributed by atoms with Gasteiger partial charge in [0.15, 0.2) is 5.78 Å². The Morgan fingerprint density at radius 3 is 2.38 bits per heavy atom. The number of piperidine rings is 1. The van der Waals surface area contributed by atoms with Crippen LogP contribution in [0.2, 0.25) is 0 Å². The van der Waals surface area contributed by atoms with E-state index in [-0.39, 0.29) is 23.8 Å². The lowest BCUT2D eigenvalue weighted by molar-refractivity contribution is -0.121. The van der Waals surface area contributed by atoms with E-state index in [1.807, 2.05) is 12.1 Å². The molecule has 142 valence electrons. The summed E-state index contributed by atoms with van der Waals surface area (Å²) < 4.78 is 4.99. The standard InChI is InChI=1S/C19H27N3O4/c1-3-26-19(25)22-12-9-17(10-13-22)21-18(24)8-11-20-16-6-4-15(5-7-16)14(2)23/h4-7,17,20H,3,8-13H2,1-2H3,(H,21,24). The van der Waals surface area contributed by atoms with Crippen LogP contribution in [0, 0.1) is 0 Å². The molecule has 2 amide bonds. The summed E-state index contributed by atoms with van der Waals surface area (Å²) in [7, 11) is 0. The van der Waals surface area contributed by atoms with Gasteiger partial charge < -0.3 is 20.3 Å². The summed E-state index contributed by atoms with van der Waals surface area (Å²) in [4.78, 5) is 36.6. The van der Waals surface area contributed by atoms with Gasteiger partial charge in [-0.15, -0.1) is 0 Å². The van der Waals surface area contributed by atoms with Gasteiger partial charge in [0.25, 0.3) is 0 Å². The molecular formula is C19H27N3O4. The van der Waals surface area contributed by atoms with E-state index in [1.165, 1.54) is 6.92 Å². The number of hydrogen-bond donors (Lipinski definition) is 2. The Hall–Kier alpha value is -2.57. The Kier molecular flexibility index (Phi) is 7.44. The van der Waals surface area contributed by atoms with Gasteiger partial charge in [-0.2, -0.15) is 0 Å². The van der Waals surface area contributed by atoms with Crippen LogP contribution in [0.3, 0.4) is 0 Å². The molecule has 2 N–H and O–H groups in total. The van der Waals surface area contributed by atoms with Gasteiger partial charge in [0.1, 0.15) is 0 Å². The first-order valence-electron chi connectivity index (χ1n) is 9.05. The van der Waals surface area contributed by atoms with E-state index >= 15 is 0 Å². The molecular weight excluding hydrogens is 334 g/mol. The first kappa shape index (κ1) is 19.8. The third-order valence-electron chi connectivity index (χ3n) is 4.36. The monoisotopic (exact) mass is 361 g/mol. The molecule has 0 saturated carbocycles. The van der Waals surface area contributed by atoms with Gasteiger partial charge in [0.05, 0.1) is 6.61 Å². The summed E-state index contributed by atoms with van der Waals surface area (Å²) in [6, 6.07) is 7.30. The van der Waals surface area contributed by atoms with Crippen molar-refractivity contribution in [2.24, 2.45) is 0 Å². The maximum atomic E-state index is 12.1. The van der Waals surface area contributed by atoms with Gasteiger partial charge in [-0.3, -0.25) is 9.59 Å². The van der Waals surface area contributed by atoms with Gasteiger partial charge in [0, 0.05) is 43.3 Å². The number of ketones is 1. The number of amides is 2. The summed E-state index contributed by atoms with van der Waals surface area (Å²) in [5, 5.41) is 6.19. The van der Waals surface area contributed by atoms with Crippen LogP contribution < -0.4 is 10.6 Å². The Morgan fingerprint density at radius 1 is 1.15 bits per heavy atom. The lowest BCUT2D eigenvalue weighted by Crippen LogP contribution is -2.46. The molecule has 7 heteroatoms. The highest BCUT2D eigenvalue weighted by Gasteiger charge is 2.24. The fraction of sp³-hybridized carbons (Fsp3) is 0.526. The molecule has 1 aromatic rings. The van der Waals surface area contributed by atoms with Crippen molar-refractivity contribution in [3.05, 3.63) is 29.8 Å². The molecule has 0 atom stereocenters. The summed E-state index contributed by atoms with van der Waals surface area (Å²) in [5.41, 5.74) is 1.55. The van der Waals surface area contributed by atoms with Gasteiger partial charge in [-0.05, 0) is 51.0 Å². The number of carbonyl (C=O) groups excluding carboxylic acids is 3. The van der Waals surface area contributed by atoms with Crippen molar-refractivity contribution in [2.75, 3.05) is 31.6 Å². The van der Waals surface area contributed by atoms with E-state index in [2.05, 4.69) is 10.6 Å². The van der Waals surface area contributed by atoms with Crippen LogP contribution >= 0.6 is 0 Å². The van der Waals surface area contributed by atoms with Crippen molar-refractivity contribution < 1.29 is 19.1 Å². The minimum absolute atomic E-state index is 0.00700. The number of nitrogens with zero attached hydrogens (tertiary/aromatic N) is 1. The number of ether oxygens (including phenoxy) is 1. The number of carbonyl (C=O) groups is 3. The quantitative estimate of drug-likeness (QED) is 0.728. The van der Waals surface area contributed by atoms with Crippen LogP contribution in [0.15, 0.2) is 24.3 Å². The highest BCUT2D eigenvalue weighted by Crippen LogP contribution is 2.12. The van der Waals surface area contributed by atoms with E-state index in [0.29, 0.717) is 38.2 Å². The van der Waals surface area contributed by atoms with Gasteiger partial charge in [0.2, 0.25) is 5.91 Å². The predicted molar refractivity (Wildman–Crippen MR) is 99.3 cm³/mol. The van der Waals surface area contributed by atoms with Crippen LogP contribution in [-0.2, 0) is 9.53 Å². The fourth-order valence-corrected chi connectivity index (χ4v) is 2.86. The number of benzene rings is 1. The molecule has 1 aromatic carbocycles. The second-order valence-corrected chi connectivity index (χ2v) is 6.34. The fourth-order valence-electron chi connectivity index (χ4n) is 2.86. The summed E-state index contributed by atoms with van der Waals surface area (Å²) in [6.45, 7) is 5.42. The van der Waals surface area contributed by atoms with E-state index in [0.717, 1.165) is 18.5 Å². The summed E-state index contributed by atoms with van der Waals surface area (Å²) in [5.74, 6) is 0.0253. The van der Waals surface area contributed by atoms with Crippen LogP contribution in [0.1, 0.15) is 43.5 Å². The molecule has 0 unspecified atom stereocenters. The molecule has 1 aliphatic heterocycles. The van der Waals surface area contributed by atoms with E-state index in [9.17, 15) is 14.4 Å². The van der Waals surface area contributed by atoms with Crippen molar-refractivity contribution in [2.45, 2.75) is 39.2 Å².